The molecule has 1 aromatic carbocycles. The van der Waals surface area contributed by atoms with E-state index in [2.05, 4.69) is 5.32 Å². The monoisotopic (exact) mass is 208 g/mol. The SMILES string of the molecule is Cc1ccccc1NC(=O)N(C)CCO. The Morgan fingerprint density at radius 2 is 2.13 bits per heavy atom. The highest BCUT2D eigenvalue weighted by molar-refractivity contribution is 5.89. The summed E-state index contributed by atoms with van der Waals surface area (Å²) in [4.78, 5) is 13.0. The van der Waals surface area contributed by atoms with Crippen molar-refractivity contribution in [3.63, 3.8) is 0 Å². The van der Waals surface area contributed by atoms with Crippen molar-refractivity contribution in [1.82, 2.24) is 4.90 Å². The molecule has 0 aliphatic carbocycles. The summed E-state index contributed by atoms with van der Waals surface area (Å²) in [7, 11) is 1.64. The Hall–Kier alpha value is -1.55. The Kier molecular flexibility index (Phi) is 4.12. The van der Waals surface area contributed by atoms with Gasteiger partial charge in [-0.1, -0.05) is 18.2 Å². The minimum Gasteiger partial charge on any atom is -0.395 e. The maximum atomic E-state index is 11.6. The number of likely N-dealkylation sites (N-methyl/N-ethyl adjacent to an activating group) is 1. The molecule has 0 fully saturated rings. The summed E-state index contributed by atoms with van der Waals surface area (Å²) in [6.45, 7) is 2.23. The highest BCUT2D eigenvalue weighted by Gasteiger charge is 2.08. The second-order valence-corrected chi connectivity index (χ2v) is 3.39. The first-order valence-electron chi connectivity index (χ1n) is 4.83. The number of carbonyl (C=O) groups is 1. The van der Waals surface area contributed by atoms with E-state index in [-0.39, 0.29) is 12.6 Å². The first-order valence-corrected chi connectivity index (χ1v) is 4.83. The summed E-state index contributed by atoms with van der Waals surface area (Å²) >= 11 is 0. The number of aliphatic hydroxyl groups excluding tert-OH is 1. The van der Waals surface area contributed by atoms with Gasteiger partial charge in [0, 0.05) is 19.3 Å². The lowest BCUT2D eigenvalue weighted by Gasteiger charge is -2.17. The van der Waals surface area contributed by atoms with Crippen LogP contribution in [0.25, 0.3) is 0 Å². The molecule has 0 aromatic heterocycles. The topological polar surface area (TPSA) is 52.6 Å². The number of amides is 2. The van der Waals surface area contributed by atoms with Gasteiger partial charge in [-0.05, 0) is 18.6 Å². The number of para-hydroxylation sites is 1. The van der Waals surface area contributed by atoms with Gasteiger partial charge in [0.15, 0.2) is 0 Å². The average Bonchev–Trinajstić information content (AvgIpc) is 2.21. The summed E-state index contributed by atoms with van der Waals surface area (Å²) in [6, 6.07) is 7.36. The molecule has 4 nitrogen and oxygen atoms in total. The molecular formula is C11H16N2O2. The van der Waals surface area contributed by atoms with Gasteiger partial charge in [0.05, 0.1) is 6.61 Å². The lowest BCUT2D eigenvalue weighted by molar-refractivity contribution is 0.202. The molecule has 2 N–H and O–H groups in total. The van der Waals surface area contributed by atoms with Gasteiger partial charge < -0.3 is 15.3 Å². The van der Waals surface area contributed by atoms with Crippen molar-refractivity contribution in [2.45, 2.75) is 6.92 Å². The van der Waals surface area contributed by atoms with Crippen molar-refractivity contribution in [1.29, 1.82) is 0 Å². The Labute approximate surface area is 89.5 Å². The lowest BCUT2D eigenvalue weighted by atomic mass is 10.2. The first-order chi connectivity index (χ1) is 7.15. The number of hydrogen-bond acceptors (Lipinski definition) is 2. The van der Waals surface area contributed by atoms with Crippen LogP contribution in [0.2, 0.25) is 0 Å². The molecule has 82 valence electrons. The summed E-state index contributed by atoms with van der Waals surface area (Å²) in [5.41, 5.74) is 1.82. The number of nitrogens with zero attached hydrogens (tertiary/aromatic N) is 1. The van der Waals surface area contributed by atoms with Gasteiger partial charge in [0.25, 0.3) is 0 Å². The van der Waals surface area contributed by atoms with Gasteiger partial charge >= 0.3 is 6.03 Å². The van der Waals surface area contributed by atoms with Crippen molar-refractivity contribution in [3.8, 4) is 0 Å². The third-order valence-corrected chi connectivity index (χ3v) is 2.17. The predicted octanol–water partition coefficient (Wildman–Crippen LogP) is 1.45. The molecule has 0 saturated carbocycles. The van der Waals surface area contributed by atoms with Gasteiger partial charge in [-0.2, -0.15) is 0 Å². The molecule has 0 bridgehead atoms. The summed E-state index contributed by atoms with van der Waals surface area (Å²) in [5, 5.41) is 11.5. The summed E-state index contributed by atoms with van der Waals surface area (Å²) < 4.78 is 0. The molecule has 0 spiro atoms. The predicted molar refractivity (Wildman–Crippen MR) is 59.9 cm³/mol. The number of urea groups is 1. The van der Waals surface area contributed by atoms with Gasteiger partial charge in [0.1, 0.15) is 0 Å². The fourth-order valence-corrected chi connectivity index (χ4v) is 1.18. The van der Waals surface area contributed by atoms with Crippen molar-refractivity contribution in [2.75, 3.05) is 25.5 Å². The minimum atomic E-state index is -0.210. The van der Waals surface area contributed by atoms with Crippen LogP contribution < -0.4 is 5.32 Å². The van der Waals surface area contributed by atoms with E-state index in [1.807, 2.05) is 31.2 Å². The number of nitrogens with one attached hydrogen (secondary N) is 1. The number of benzene rings is 1. The second kappa shape index (κ2) is 5.36. The number of carbonyl (C=O) groups excluding carboxylic acids is 1. The number of aliphatic hydroxyl groups is 1. The third kappa shape index (κ3) is 3.25. The fourth-order valence-electron chi connectivity index (χ4n) is 1.18. The smallest absolute Gasteiger partial charge is 0.321 e. The van der Waals surface area contributed by atoms with Crippen LogP contribution in [0.1, 0.15) is 5.56 Å². The lowest BCUT2D eigenvalue weighted by Crippen LogP contribution is -2.33. The average molecular weight is 208 g/mol. The second-order valence-electron chi connectivity index (χ2n) is 3.39. The van der Waals surface area contributed by atoms with Gasteiger partial charge in [0.2, 0.25) is 0 Å². The van der Waals surface area contributed by atoms with E-state index in [1.165, 1.54) is 4.90 Å². The largest absolute Gasteiger partial charge is 0.395 e. The van der Waals surface area contributed by atoms with E-state index in [0.717, 1.165) is 11.3 Å². The van der Waals surface area contributed by atoms with Gasteiger partial charge in [-0.25, -0.2) is 4.79 Å². The van der Waals surface area contributed by atoms with Crippen LogP contribution >= 0.6 is 0 Å². The molecule has 15 heavy (non-hydrogen) atoms. The van der Waals surface area contributed by atoms with E-state index in [1.54, 1.807) is 7.05 Å². The molecular weight excluding hydrogens is 192 g/mol. The standard InChI is InChI=1S/C11H16N2O2/c1-9-5-3-4-6-10(9)12-11(15)13(2)7-8-14/h3-6,14H,7-8H2,1-2H3,(H,12,15). The number of aryl methyl sites for hydroxylation is 1. The molecule has 0 atom stereocenters. The molecule has 1 aromatic rings. The van der Waals surface area contributed by atoms with Crippen LogP contribution in [0.5, 0.6) is 0 Å². The zero-order valence-corrected chi connectivity index (χ0v) is 9.03. The van der Waals surface area contributed by atoms with E-state index in [9.17, 15) is 4.79 Å². The maximum absolute atomic E-state index is 11.6. The van der Waals surface area contributed by atoms with Crippen LogP contribution in [0.3, 0.4) is 0 Å². The van der Waals surface area contributed by atoms with Crippen LogP contribution in [-0.4, -0.2) is 36.2 Å². The van der Waals surface area contributed by atoms with Crippen molar-refractivity contribution in [3.05, 3.63) is 29.8 Å². The van der Waals surface area contributed by atoms with E-state index in [0.29, 0.717) is 6.54 Å². The highest BCUT2D eigenvalue weighted by Crippen LogP contribution is 2.13. The first kappa shape index (κ1) is 11.5. The normalized spacial score (nSPS) is 9.80. The van der Waals surface area contributed by atoms with E-state index < -0.39 is 0 Å². The number of hydrogen-bond donors (Lipinski definition) is 2. The van der Waals surface area contributed by atoms with E-state index >= 15 is 0 Å². The molecule has 0 unspecified atom stereocenters. The molecule has 0 aliphatic rings. The Balaban J connectivity index is 2.62. The molecule has 4 heteroatoms. The van der Waals surface area contributed by atoms with Crippen LogP contribution in [0.4, 0.5) is 10.5 Å². The Morgan fingerprint density at radius 3 is 2.73 bits per heavy atom. The van der Waals surface area contributed by atoms with Crippen molar-refractivity contribution >= 4 is 11.7 Å². The number of anilines is 1. The van der Waals surface area contributed by atoms with Crippen LogP contribution in [0.15, 0.2) is 24.3 Å². The van der Waals surface area contributed by atoms with Crippen LogP contribution in [0, 0.1) is 6.92 Å². The maximum Gasteiger partial charge on any atom is 0.321 e. The molecule has 0 aliphatic heterocycles. The summed E-state index contributed by atoms with van der Waals surface area (Å²) in [5.74, 6) is 0. The summed E-state index contributed by atoms with van der Waals surface area (Å²) in [6.07, 6.45) is 0. The molecule has 0 heterocycles. The van der Waals surface area contributed by atoms with Crippen molar-refractivity contribution < 1.29 is 9.90 Å². The Bertz CT molecular complexity index is 339. The molecule has 1 rings (SSSR count). The van der Waals surface area contributed by atoms with E-state index in [4.69, 9.17) is 5.11 Å². The highest BCUT2D eigenvalue weighted by atomic mass is 16.3. The molecule has 0 radical (unpaired) electrons. The third-order valence-electron chi connectivity index (χ3n) is 2.17. The molecule has 2 amide bonds. The van der Waals surface area contributed by atoms with Gasteiger partial charge in [-0.3, -0.25) is 0 Å². The zero-order valence-electron chi connectivity index (χ0n) is 9.03. The number of rotatable bonds is 3. The zero-order chi connectivity index (χ0) is 11.3. The quantitative estimate of drug-likeness (QED) is 0.790. The Morgan fingerprint density at radius 1 is 1.47 bits per heavy atom. The fraction of sp³-hybridized carbons (Fsp3) is 0.364. The molecule has 0 saturated heterocycles. The van der Waals surface area contributed by atoms with Crippen molar-refractivity contribution in [2.24, 2.45) is 0 Å². The van der Waals surface area contributed by atoms with Crippen LogP contribution in [-0.2, 0) is 0 Å². The minimum absolute atomic E-state index is 0.0301. The van der Waals surface area contributed by atoms with Gasteiger partial charge in [-0.15, -0.1) is 0 Å².